The molecular weight excluding hydrogens is 252 g/mol. The van der Waals surface area contributed by atoms with E-state index in [1.807, 2.05) is 0 Å². The fourth-order valence-electron chi connectivity index (χ4n) is 3.73. The van der Waals surface area contributed by atoms with Gasteiger partial charge < -0.3 is 10.2 Å². The van der Waals surface area contributed by atoms with E-state index in [0.717, 1.165) is 18.8 Å². The molecule has 3 heterocycles. The molecule has 2 fully saturated rings. The number of anilines is 2. The highest BCUT2D eigenvalue weighted by atomic mass is 35.5. The number of hydrogen-bond acceptors (Lipinski definition) is 4. The van der Waals surface area contributed by atoms with Gasteiger partial charge in [-0.15, -0.1) is 0 Å². The molecule has 3 atom stereocenters. The molecule has 2 aliphatic heterocycles. The fraction of sp³-hybridized carbons (Fsp3) is 0.583. The first-order valence-corrected chi connectivity index (χ1v) is 6.72. The number of halogens is 1. The Bertz CT molecular complexity index is 535. The molecule has 1 aliphatic carbocycles. The summed E-state index contributed by atoms with van der Waals surface area (Å²) < 4.78 is 0. The molecular formula is C12H13ClN4O. The van der Waals surface area contributed by atoms with Gasteiger partial charge in [-0.1, -0.05) is 6.42 Å². The van der Waals surface area contributed by atoms with Gasteiger partial charge in [-0.3, -0.25) is 4.79 Å². The Morgan fingerprint density at radius 3 is 3.22 bits per heavy atom. The zero-order valence-electron chi connectivity index (χ0n) is 9.77. The van der Waals surface area contributed by atoms with E-state index >= 15 is 0 Å². The van der Waals surface area contributed by atoms with Crippen LogP contribution in [0.3, 0.4) is 0 Å². The Morgan fingerprint density at radius 1 is 1.44 bits per heavy atom. The van der Waals surface area contributed by atoms with Gasteiger partial charge in [0.2, 0.25) is 11.2 Å². The third-order valence-corrected chi connectivity index (χ3v) is 4.61. The first kappa shape index (κ1) is 10.6. The molecule has 0 bridgehead atoms. The van der Waals surface area contributed by atoms with Gasteiger partial charge in [-0.25, -0.2) is 4.98 Å². The maximum absolute atomic E-state index is 12.2. The monoisotopic (exact) mass is 264 g/mol. The normalized spacial score (nSPS) is 32.8. The van der Waals surface area contributed by atoms with Gasteiger partial charge in [-0.2, -0.15) is 4.98 Å². The third kappa shape index (κ3) is 1.31. The summed E-state index contributed by atoms with van der Waals surface area (Å²) in [5, 5.41) is 3.14. The summed E-state index contributed by atoms with van der Waals surface area (Å²) in [6.07, 6.45) is 5.20. The molecule has 1 saturated carbocycles. The topological polar surface area (TPSA) is 58.1 Å². The molecule has 0 spiro atoms. The smallest absolute Gasteiger partial charge is 0.247 e. The summed E-state index contributed by atoms with van der Waals surface area (Å²) in [6.45, 7) is 0.920. The minimum Gasteiger partial charge on any atom is -0.342 e. The van der Waals surface area contributed by atoms with Crippen LogP contribution in [0.25, 0.3) is 0 Å². The SMILES string of the molecule is O=C1Nc2cnc(Cl)nc2N2CC3CCCC3C12. The lowest BCUT2D eigenvalue weighted by molar-refractivity contribution is -0.118. The van der Waals surface area contributed by atoms with Gasteiger partial charge in [-0.05, 0) is 36.3 Å². The van der Waals surface area contributed by atoms with Crippen molar-refractivity contribution < 1.29 is 4.79 Å². The molecule has 1 aromatic heterocycles. The quantitative estimate of drug-likeness (QED) is 0.725. The van der Waals surface area contributed by atoms with Gasteiger partial charge in [0, 0.05) is 6.54 Å². The van der Waals surface area contributed by atoms with E-state index in [9.17, 15) is 4.79 Å². The van der Waals surface area contributed by atoms with E-state index < -0.39 is 0 Å². The molecule has 1 amide bonds. The Labute approximate surface area is 110 Å². The van der Waals surface area contributed by atoms with Crippen molar-refractivity contribution in [1.82, 2.24) is 9.97 Å². The molecule has 18 heavy (non-hydrogen) atoms. The van der Waals surface area contributed by atoms with E-state index in [2.05, 4.69) is 20.2 Å². The molecule has 1 N–H and O–H groups in total. The number of nitrogens with zero attached hydrogens (tertiary/aromatic N) is 3. The summed E-state index contributed by atoms with van der Waals surface area (Å²) in [6, 6.07) is -0.0593. The molecule has 5 nitrogen and oxygen atoms in total. The van der Waals surface area contributed by atoms with Crippen molar-refractivity contribution in [2.24, 2.45) is 11.8 Å². The second-order valence-corrected chi connectivity index (χ2v) is 5.66. The molecule has 3 aliphatic rings. The molecule has 3 unspecified atom stereocenters. The van der Waals surface area contributed by atoms with E-state index in [-0.39, 0.29) is 17.2 Å². The summed E-state index contributed by atoms with van der Waals surface area (Å²) in [5.41, 5.74) is 0.681. The lowest BCUT2D eigenvalue weighted by Gasteiger charge is -2.33. The fourth-order valence-corrected chi connectivity index (χ4v) is 3.85. The first-order valence-electron chi connectivity index (χ1n) is 6.34. The van der Waals surface area contributed by atoms with Crippen LogP contribution in [-0.4, -0.2) is 28.5 Å². The number of aromatic nitrogens is 2. The number of nitrogens with one attached hydrogen (secondary N) is 1. The Balaban J connectivity index is 1.81. The van der Waals surface area contributed by atoms with Crippen LogP contribution in [0, 0.1) is 11.8 Å². The molecule has 6 heteroatoms. The van der Waals surface area contributed by atoms with Crippen LogP contribution in [0.4, 0.5) is 11.5 Å². The number of carbonyl (C=O) groups is 1. The van der Waals surface area contributed by atoms with E-state index in [1.54, 1.807) is 6.20 Å². The van der Waals surface area contributed by atoms with E-state index in [0.29, 0.717) is 17.5 Å². The maximum Gasteiger partial charge on any atom is 0.247 e. The zero-order valence-corrected chi connectivity index (χ0v) is 10.5. The first-order chi connectivity index (χ1) is 8.74. The second-order valence-electron chi connectivity index (χ2n) is 5.32. The number of carbonyl (C=O) groups excluding carboxylic acids is 1. The van der Waals surface area contributed by atoms with Crippen LogP contribution in [0.5, 0.6) is 0 Å². The minimum absolute atomic E-state index is 0.0593. The van der Waals surface area contributed by atoms with Crippen molar-refractivity contribution in [2.75, 3.05) is 16.8 Å². The van der Waals surface area contributed by atoms with Crippen LogP contribution in [0.2, 0.25) is 5.28 Å². The zero-order chi connectivity index (χ0) is 12.3. The van der Waals surface area contributed by atoms with Crippen LogP contribution in [-0.2, 0) is 4.79 Å². The predicted octanol–water partition coefficient (Wildman–Crippen LogP) is 1.69. The molecule has 0 radical (unpaired) electrons. The Kier molecular flexibility index (Phi) is 2.09. The standard InChI is InChI=1S/C12H13ClN4O/c13-12-14-4-8-10(16-12)17-5-6-2-1-3-7(6)9(17)11(18)15-8/h4,6-7,9H,1-3,5H2,(H,15,18). The summed E-state index contributed by atoms with van der Waals surface area (Å²) in [7, 11) is 0. The molecule has 1 saturated heterocycles. The minimum atomic E-state index is -0.0593. The number of hydrogen-bond donors (Lipinski definition) is 1. The molecule has 0 aromatic carbocycles. The average Bonchev–Trinajstić information content (AvgIpc) is 2.90. The van der Waals surface area contributed by atoms with Crippen molar-refractivity contribution in [3.63, 3.8) is 0 Å². The highest BCUT2D eigenvalue weighted by Gasteiger charge is 2.50. The van der Waals surface area contributed by atoms with Crippen molar-refractivity contribution in [2.45, 2.75) is 25.3 Å². The maximum atomic E-state index is 12.2. The van der Waals surface area contributed by atoms with Gasteiger partial charge in [0.1, 0.15) is 11.7 Å². The molecule has 4 rings (SSSR count). The van der Waals surface area contributed by atoms with Gasteiger partial charge in [0.15, 0.2) is 5.82 Å². The van der Waals surface area contributed by atoms with Crippen molar-refractivity contribution in [3.05, 3.63) is 11.5 Å². The highest BCUT2D eigenvalue weighted by Crippen LogP contribution is 2.47. The van der Waals surface area contributed by atoms with Crippen LogP contribution < -0.4 is 10.2 Å². The van der Waals surface area contributed by atoms with Gasteiger partial charge in [0.25, 0.3) is 0 Å². The van der Waals surface area contributed by atoms with Crippen LogP contribution >= 0.6 is 11.6 Å². The van der Waals surface area contributed by atoms with Crippen LogP contribution in [0.15, 0.2) is 6.20 Å². The van der Waals surface area contributed by atoms with Crippen molar-refractivity contribution in [3.8, 4) is 0 Å². The number of rotatable bonds is 0. The third-order valence-electron chi connectivity index (χ3n) is 4.43. The van der Waals surface area contributed by atoms with E-state index in [4.69, 9.17) is 11.6 Å². The van der Waals surface area contributed by atoms with Crippen molar-refractivity contribution >= 4 is 29.0 Å². The lowest BCUT2D eigenvalue weighted by Crippen LogP contribution is -2.47. The van der Waals surface area contributed by atoms with Gasteiger partial charge in [0.05, 0.1) is 6.20 Å². The number of fused-ring (bicyclic) bond motifs is 5. The summed E-state index contributed by atoms with van der Waals surface area (Å²) in [4.78, 5) is 22.6. The van der Waals surface area contributed by atoms with E-state index in [1.165, 1.54) is 12.8 Å². The average molecular weight is 265 g/mol. The largest absolute Gasteiger partial charge is 0.342 e. The van der Waals surface area contributed by atoms with Crippen molar-refractivity contribution in [1.29, 1.82) is 0 Å². The van der Waals surface area contributed by atoms with Crippen LogP contribution in [0.1, 0.15) is 19.3 Å². The highest BCUT2D eigenvalue weighted by molar-refractivity contribution is 6.28. The Hall–Kier alpha value is -1.36. The lowest BCUT2D eigenvalue weighted by atomic mass is 9.93. The Morgan fingerprint density at radius 2 is 2.33 bits per heavy atom. The van der Waals surface area contributed by atoms with Gasteiger partial charge >= 0.3 is 0 Å². The summed E-state index contributed by atoms with van der Waals surface area (Å²) in [5.74, 6) is 1.98. The number of amides is 1. The molecule has 94 valence electrons. The molecule has 1 aromatic rings. The summed E-state index contributed by atoms with van der Waals surface area (Å²) >= 11 is 5.86. The predicted molar refractivity (Wildman–Crippen MR) is 67.6 cm³/mol. The second kappa shape index (κ2) is 3.57.